The SMILES string of the molecule is CCn1nccc1OC(N)=O. The molecule has 1 amide bonds. The molecular weight excluding hydrogens is 146 g/mol. The maximum absolute atomic E-state index is 10.3. The van der Waals surface area contributed by atoms with Crippen LogP contribution in [0.15, 0.2) is 12.3 Å². The standard InChI is InChI=1S/C6H9N3O2/c1-2-9-5(3-4-8-9)11-6(7)10/h3-4H,2H2,1H3,(H2,7,10). The van der Waals surface area contributed by atoms with Crippen LogP contribution < -0.4 is 10.5 Å². The molecule has 0 fully saturated rings. The summed E-state index contributed by atoms with van der Waals surface area (Å²) in [5.41, 5.74) is 4.80. The molecule has 1 rings (SSSR count). The van der Waals surface area contributed by atoms with Crippen LogP contribution in [0.2, 0.25) is 0 Å². The van der Waals surface area contributed by atoms with E-state index in [2.05, 4.69) is 9.84 Å². The summed E-state index contributed by atoms with van der Waals surface area (Å²) in [6.07, 6.45) is 0.724. The van der Waals surface area contributed by atoms with Gasteiger partial charge in [-0.1, -0.05) is 0 Å². The van der Waals surface area contributed by atoms with Gasteiger partial charge in [0.1, 0.15) is 0 Å². The number of aryl methyl sites for hydroxylation is 1. The highest BCUT2D eigenvalue weighted by Crippen LogP contribution is 2.07. The van der Waals surface area contributed by atoms with Gasteiger partial charge >= 0.3 is 6.09 Å². The Morgan fingerprint density at radius 1 is 1.91 bits per heavy atom. The summed E-state index contributed by atoms with van der Waals surface area (Å²) in [5, 5.41) is 3.87. The Balaban J connectivity index is 2.76. The van der Waals surface area contributed by atoms with Gasteiger partial charge in [0.25, 0.3) is 0 Å². The third kappa shape index (κ3) is 1.70. The number of aromatic nitrogens is 2. The van der Waals surface area contributed by atoms with Crippen LogP contribution >= 0.6 is 0 Å². The highest BCUT2D eigenvalue weighted by Gasteiger charge is 2.03. The Morgan fingerprint density at radius 2 is 2.64 bits per heavy atom. The number of primary amides is 1. The van der Waals surface area contributed by atoms with E-state index in [-0.39, 0.29) is 0 Å². The number of hydrogen-bond donors (Lipinski definition) is 1. The van der Waals surface area contributed by atoms with Gasteiger partial charge in [-0.3, -0.25) is 0 Å². The summed E-state index contributed by atoms with van der Waals surface area (Å²) in [6, 6.07) is 1.58. The number of nitrogens with zero attached hydrogens (tertiary/aromatic N) is 2. The molecule has 0 saturated heterocycles. The van der Waals surface area contributed by atoms with E-state index in [0.29, 0.717) is 12.4 Å². The molecule has 60 valence electrons. The number of nitrogens with two attached hydrogens (primary N) is 1. The highest BCUT2D eigenvalue weighted by molar-refractivity contribution is 5.67. The first-order valence-electron chi connectivity index (χ1n) is 3.23. The lowest BCUT2D eigenvalue weighted by molar-refractivity contribution is 0.206. The number of rotatable bonds is 2. The second-order valence-corrected chi connectivity index (χ2v) is 1.91. The number of carbonyl (C=O) groups is 1. The molecule has 0 unspecified atom stereocenters. The fraction of sp³-hybridized carbons (Fsp3) is 0.333. The lowest BCUT2D eigenvalue weighted by Gasteiger charge is -2.01. The van der Waals surface area contributed by atoms with Gasteiger partial charge in [0.15, 0.2) is 0 Å². The van der Waals surface area contributed by atoms with E-state index in [0.717, 1.165) is 0 Å². The Kier molecular flexibility index (Phi) is 2.10. The molecule has 0 spiro atoms. The van der Waals surface area contributed by atoms with Gasteiger partial charge < -0.3 is 10.5 Å². The topological polar surface area (TPSA) is 70.1 Å². The summed E-state index contributed by atoms with van der Waals surface area (Å²) in [4.78, 5) is 10.3. The molecule has 0 bridgehead atoms. The number of carbonyl (C=O) groups excluding carboxylic acids is 1. The monoisotopic (exact) mass is 155 g/mol. The maximum Gasteiger partial charge on any atom is 0.411 e. The molecule has 1 aromatic rings. The molecule has 2 N–H and O–H groups in total. The summed E-state index contributed by atoms with van der Waals surface area (Å²) in [7, 11) is 0. The van der Waals surface area contributed by atoms with Gasteiger partial charge in [0, 0.05) is 12.6 Å². The van der Waals surface area contributed by atoms with E-state index in [1.807, 2.05) is 6.92 Å². The summed E-state index contributed by atoms with van der Waals surface area (Å²) in [5.74, 6) is 0.375. The second-order valence-electron chi connectivity index (χ2n) is 1.91. The molecule has 0 radical (unpaired) electrons. The molecule has 5 heteroatoms. The van der Waals surface area contributed by atoms with Crippen molar-refractivity contribution in [1.29, 1.82) is 0 Å². The van der Waals surface area contributed by atoms with Crippen molar-refractivity contribution in [3.05, 3.63) is 12.3 Å². The summed E-state index contributed by atoms with van der Waals surface area (Å²) in [6.45, 7) is 2.54. The normalized spacial score (nSPS) is 9.55. The minimum absolute atomic E-state index is 0.375. The zero-order chi connectivity index (χ0) is 8.27. The predicted octanol–water partition coefficient (Wildman–Crippen LogP) is 0.361. The van der Waals surface area contributed by atoms with Crippen molar-refractivity contribution in [3.63, 3.8) is 0 Å². The Morgan fingerprint density at radius 3 is 3.18 bits per heavy atom. The third-order valence-corrected chi connectivity index (χ3v) is 1.18. The summed E-state index contributed by atoms with van der Waals surface area (Å²) < 4.78 is 6.15. The van der Waals surface area contributed by atoms with Crippen molar-refractivity contribution in [2.24, 2.45) is 5.73 Å². The Labute approximate surface area is 63.7 Å². The first-order valence-corrected chi connectivity index (χ1v) is 3.23. The average Bonchev–Trinajstić information content (AvgIpc) is 2.34. The Hall–Kier alpha value is -1.52. The van der Waals surface area contributed by atoms with Gasteiger partial charge in [-0.05, 0) is 6.92 Å². The van der Waals surface area contributed by atoms with Crippen molar-refractivity contribution in [2.45, 2.75) is 13.5 Å². The largest absolute Gasteiger partial charge is 0.411 e. The van der Waals surface area contributed by atoms with Crippen LogP contribution in [0.4, 0.5) is 4.79 Å². The van der Waals surface area contributed by atoms with E-state index in [1.165, 1.54) is 4.68 Å². The predicted molar refractivity (Wildman–Crippen MR) is 38.1 cm³/mol. The number of amides is 1. The first kappa shape index (κ1) is 7.59. The maximum atomic E-state index is 10.3. The molecule has 11 heavy (non-hydrogen) atoms. The summed E-state index contributed by atoms with van der Waals surface area (Å²) >= 11 is 0. The molecule has 0 aromatic carbocycles. The number of hydrogen-bond acceptors (Lipinski definition) is 3. The molecule has 1 heterocycles. The minimum atomic E-state index is -0.819. The fourth-order valence-corrected chi connectivity index (χ4v) is 0.748. The molecule has 0 saturated carbocycles. The van der Waals surface area contributed by atoms with Crippen molar-refractivity contribution in [2.75, 3.05) is 0 Å². The van der Waals surface area contributed by atoms with Crippen LogP contribution in [0.3, 0.4) is 0 Å². The van der Waals surface area contributed by atoms with E-state index < -0.39 is 6.09 Å². The van der Waals surface area contributed by atoms with Crippen LogP contribution in [-0.4, -0.2) is 15.9 Å². The van der Waals surface area contributed by atoms with Crippen LogP contribution in [0.25, 0.3) is 0 Å². The molecule has 0 aliphatic rings. The highest BCUT2D eigenvalue weighted by atomic mass is 16.6. The van der Waals surface area contributed by atoms with E-state index in [1.54, 1.807) is 12.3 Å². The van der Waals surface area contributed by atoms with Crippen LogP contribution in [0.5, 0.6) is 5.88 Å². The Bertz CT molecular complexity index is 256. The van der Waals surface area contributed by atoms with Crippen molar-refractivity contribution >= 4 is 6.09 Å². The van der Waals surface area contributed by atoms with Crippen molar-refractivity contribution < 1.29 is 9.53 Å². The van der Waals surface area contributed by atoms with Crippen molar-refractivity contribution in [3.8, 4) is 5.88 Å². The fourth-order valence-electron chi connectivity index (χ4n) is 0.748. The molecule has 0 atom stereocenters. The average molecular weight is 155 g/mol. The zero-order valence-corrected chi connectivity index (χ0v) is 6.15. The van der Waals surface area contributed by atoms with E-state index in [4.69, 9.17) is 5.73 Å². The van der Waals surface area contributed by atoms with Gasteiger partial charge in [-0.25, -0.2) is 9.48 Å². The lowest BCUT2D eigenvalue weighted by atomic mass is 10.6. The molecular formula is C6H9N3O2. The van der Waals surface area contributed by atoms with Gasteiger partial charge in [-0.15, -0.1) is 0 Å². The zero-order valence-electron chi connectivity index (χ0n) is 6.15. The van der Waals surface area contributed by atoms with Gasteiger partial charge in [-0.2, -0.15) is 5.10 Å². The number of ether oxygens (including phenoxy) is 1. The van der Waals surface area contributed by atoms with Crippen LogP contribution in [-0.2, 0) is 6.54 Å². The minimum Gasteiger partial charge on any atom is -0.392 e. The first-order chi connectivity index (χ1) is 5.24. The van der Waals surface area contributed by atoms with Crippen molar-refractivity contribution in [1.82, 2.24) is 9.78 Å². The molecule has 0 aliphatic carbocycles. The van der Waals surface area contributed by atoms with E-state index >= 15 is 0 Å². The van der Waals surface area contributed by atoms with E-state index in [9.17, 15) is 4.79 Å². The van der Waals surface area contributed by atoms with Gasteiger partial charge in [0.05, 0.1) is 6.20 Å². The third-order valence-electron chi connectivity index (χ3n) is 1.18. The quantitative estimate of drug-likeness (QED) is 0.670. The molecule has 0 aliphatic heterocycles. The molecule has 5 nitrogen and oxygen atoms in total. The lowest BCUT2D eigenvalue weighted by Crippen LogP contribution is -2.18. The second kappa shape index (κ2) is 3.05. The smallest absolute Gasteiger partial charge is 0.392 e. The molecule has 1 aromatic heterocycles. The van der Waals surface area contributed by atoms with Crippen LogP contribution in [0, 0.1) is 0 Å². The van der Waals surface area contributed by atoms with Gasteiger partial charge in [0.2, 0.25) is 5.88 Å². The van der Waals surface area contributed by atoms with Crippen LogP contribution in [0.1, 0.15) is 6.92 Å².